The number of aliphatic hydroxyl groups is 1. The Labute approximate surface area is 423 Å². The van der Waals surface area contributed by atoms with Gasteiger partial charge in [-0.2, -0.15) is 8.42 Å². The normalized spacial score (nSPS) is 24.7. The first kappa shape index (κ1) is 60.0. The van der Waals surface area contributed by atoms with Gasteiger partial charge in [0.1, 0.15) is 42.3 Å². The predicted molar refractivity (Wildman–Crippen MR) is 242 cm³/mol. The van der Waals surface area contributed by atoms with E-state index in [1.807, 2.05) is 0 Å². The van der Waals surface area contributed by atoms with Gasteiger partial charge in [-0.15, -0.1) is 5.75 Å². The van der Waals surface area contributed by atoms with Crippen LogP contribution in [0.1, 0.15) is 90.4 Å². The Bertz CT molecular complexity index is 2110. The van der Waals surface area contributed by atoms with Crippen molar-refractivity contribution in [3.8, 4) is 5.75 Å². The minimum atomic E-state index is -5.14. The summed E-state index contributed by atoms with van der Waals surface area (Å²) in [6, 6.07) is -5.50. The van der Waals surface area contributed by atoms with E-state index < -0.39 is 137 Å². The fourth-order valence-electron chi connectivity index (χ4n) is 7.48. The molecule has 0 bridgehead atoms. The van der Waals surface area contributed by atoms with Crippen molar-refractivity contribution >= 4 is 63.6 Å². The number of hydrogen-bond donors (Lipinski definition) is 11. The van der Waals surface area contributed by atoms with Crippen LogP contribution in [-0.4, -0.2) is 151 Å². The minimum absolute atomic E-state index is 0. The molecule has 3 rings (SSSR count). The molecule has 0 spiro atoms. The van der Waals surface area contributed by atoms with Gasteiger partial charge < -0.3 is 63.8 Å². The minimum Gasteiger partial charge on any atom is -0.872 e. The molecule has 2 fully saturated rings. The Kier molecular flexibility index (Phi) is 24.3. The van der Waals surface area contributed by atoms with E-state index >= 15 is 0 Å². The molecule has 8 atom stereocenters. The molecule has 0 unspecified atom stereocenters. The first-order valence-electron chi connectivity index (χ1n) is 22.3. The molecule has 380 valence electrons. The van der Waals surface area contributed by atoms with Crippen LogP contribution in [0.4, 0.5) is 0 Å². The molecule has 8 amide bonds. The number of guanidine groups is 1. The van der Waals surface area contributed by atoms with E-state index in [0.29, 0.717) is 6.42 Å². The van der Waals surface area contributed by atoms with Crippen LogP contribution in [0, 0.1) is 17.8 Å². The maximum absolute atomic E-state index is 14.6. The Morgan fingerprint density at radius 3 is 1.86 bits per heavy atom. The molecular formula is C42H66N11NaO14S. The number of carbonyl (C=O) groups is 8. The Morgan fingerprint density at radius 1 is 0.783 bits per heavy atom. The van der Waals surface area contributed by atoms with E-state index in [0.717, 1.165) is 4.90 Å². The molecule has 69 heavy (non-hydrogen) atoms. The molecule has 25 nitrogen and oxygen atoms in total. The number of aliphatic hydroxyl groups excluding tert-OH is 1. The molecule has 2 heterocycles. The molecule has 2 saturated heterocycles. The van der Waals surface area contributed by atoms with E-state index in [-0.39, 0.29) is 91.5 Å². The SMILES string of the molecule is CC(C)C[C@H]1NC(=O)[C@@H](CO)NC(=O)[C@H](C(C)C)NC(=O)[C@H](CCNC(=O)c2ccc([O-])cc2)NC(=O)[C@@H]2C[C@@H](OS(=O)(=O)O)CN2C(=O)[C@H](C(C)C)NC(=O)[C@@H](CCCCN=C(N)N)NC1=O.[Na+]. The Morgan fingerprint density at radius 2 is 1.30 bits per heavy atom. The molecule has 0 saturated carbocycles. The number of unbranched alkanes of at least 4 members (excludes halogenated alkanes) is 1. The third-order valence-corrected chi connectivity index (χ3v) is 11.6. The predicted octanol–water partition coefficient (Wildman–Crippen LogP) is -6.61. The van der Waals surface area contributed by atoms with Gasteiger partial charge in [-0.05, 0) is 49.9 Å². The number of rotatable bonds is 16. The summed E-state index contributed by atoms with van der Waals surface area (Å²) in [6.45, 7) is 8.11. The van der Waals surface area contributed by atoms with E-state index in [2.05, 4.69) is 42.2 Å². The van der Waals surface area contributed by atoms with Crippen LogP contribution < -0.4 is 83.3 Å². The van der Waals surface area contributed by atoms with Gasteiger partial charge >= 0.3 is 40.0 Å². The maximum Gasteiger partial charge on any atom is 1.00 e. The number of hydrogen-bond acceptors (Lipinski definition) is 14. The van der Waals surface area contributed by atoms with E-state index in [1.54, 1.807) is 41.5 Å². The fourth-order valence-corrected chi connectivity index (χ4v) is 7.96. The summed E-state index contributed by atoms with van der Waals surface area (Å²) in [5.74, 6) is -9.34. The molecule has 2 aliphatic heterocycles. The largest absolute Gasteiger partial charge is 1.00 e. The van der Waals surface area contributed by atoms with Crippen LogP contribution in [0.3, 0.4) is 0 Å². The van der Waals surface area contributed by atoms with Crippen LogP contribution in [0.2, 0.25) is 0 Å². The molecule has 0 radical (unpaired) electrons. The van der Waals surface area contributed by atoms with Crippen molar-refractivity contribution in [2.24, 2.45) is 34.2 Å². The number of nitrogens with zero attached hydrogens (tertiary/aromatic N) is 2. The van der Waals surface area contributed by atoms with Gasteiger partial charge in [0.15, 0.2) is 5.96 Å². The van der Waals surface area contributed by atoms with Gasteiger partial charge in [0, 0.05) is 31.6 Å². The molecule has 0 aliphatic carbocycles. The third-order valence-electron chi connectivity index (χ3n) is 11.0. The van der Waals surface area contributed by atoms with Crippen molar-refractivity contribution in [1.29, 1.82) is 0 Å². The number of amides is 8. The van der Waals surface area contributed by atoms with Gasteiger partial charge in [-0.25, -0.2) is 4.18 Å². The first-order chi connectivity index (χ1) is 31.8. The summed E-state index contributed by atoms with van der Waals surface area (Å²) in [5, 5.41) is 39.8. The van der Waals surface area contributed by atoms with Crippen molar-refractivity contribution in [1.82, 2.24) is 42.1 Å². The molecule has 1 aromatic carbocycles. The van der Waals surface area contributed by atoms with Crippen LogP contribution >= 0.6 is 0 Å². The molecule has 2 aliphatic rings. The first-order valence-corrected chi connectivity index (χ1v) is 23.7. The Balaban J connectivity index is 0.0000163. The molecule has 27 heteroatoms. The summed E-state index contributed by atoms with van der Waals surface area (Å²) in [5.41, 5.74) is 11.0. The van der Waals surface area contributed by atoms with Crippen molar-refractivity contribution in [2.45, 2.75) is 128 Å². The summed E-state index contributed by atoms with van der Waals surface area (Å²) < 4.78 is 38.1. The van der Waals surface area contributed by atoms with Gasteiger partial charge in [0.2, 0.25) is 41.4 Å². The van der Waals surface area contributed by atoms with Gasteiger partial charge in [-0.3, -0.25) is 47.9 Å². The quantitative estimate of drug-likeness (QED) is 0.0241. The summed E-state index contributed by atoms with van der Waals surface area (Å²) in [4.78, 5) is 117. The monoisotopic (exact) mass is 1000 g/mol. The molecule has 13 N–H and O–H groups in total. The average Bonchev–Trinajstić information content (AvgIpc) is 3.66. The number of carbonyl (C=O) groups excluding carboxylic acids is 8. The van der Waals surface area contributed by atoms with Crippen molar-refractivity contribution < 1.29 is 95.3 Å². The molecule has 0 aromatic heterocycles. The fraction of sp³-hybridized carbons (Fsp3) is 0.643. The number of aliphatic imine (C=N–C) groups is 1. The zero-order valence-electron chi connectivity index (χ0n) is 40.0. The zero-order chi connectivity index (χ0) is 51.0. The Hall–Kier alpha value is -5.12. The van der Waals surface area contributed by atoms with Crippen LogP contribution in [0.5, 0.6) is 5.75 Å². The smallest absolute Gasteiger partial charge is 0.872 e. The standard InChI is InChI=1S/C42H67N11O14S.Na/c1-21(2)17-29-37(59)47-27(9-7-8-15-46-42(43)44)35(57)52-33(23(5)6)41(63)53-19-26(67-68(64,65)66)18-31(53)39(61)48-28(14-16-45-34(56)24-10-12-25(55)13-11-24)36(58)51-32(22(3)4)40(62)50-30(20-54)38(60)49-29;/h10-13,21-23,26-33,54-55H,7-9,14-20H2,1-6H3,(H,45,56)(H,47,59)(H,48,61)(H,49,60)(H,50,62)(H,51,58)(H,52,57)(H4,43,44,46)(H,64,65,66);/q;+1/p-1/t26-,27-,28+,29-,30-,31+,32+,33+;/m1./s1. The van der Waals surface area contributed by atoms with Crippen LogP contribution in [-0.2, 0) is 48.1 Å². The van der Waals surface area contributed by atoms with Gasteiger partial charge in [0.25, 0.3) is 5.91 Å². The van der Waals surface area contributed by atoms with Crippen molar-refractivity contribution in [2.75, 3.05) is 26.2 Å². The van der Waals surface area contributed by atoms with Crippen LogP contribution in [0.25, 0.3) is 0 Å². The molecule has 1 aromatic rings. The third kappa shape index (κ3) is 19.3. The second kappa shape index (κ2) is 27.9. The van der Waals surface area contributed by atoms with Gasteiger partial charge in [0.05, 0.1) is 12.7 Å². The summed E-state index contributed by atoms with van der Waals surface area (Å²) in [6.07, 6.45) is -1.77. The zero-order valence-corrected chi connectivity index (χ0v) is 42.8. The number of nitrogens with one attached hydrogen (secondary N) is 7. The number of fused-ring (bicyclic) bond motifs is 1. The number of nitrogens with two attached hydrogens (primary N) is 2. The average molecular weight is 1000 g/mol. The van der Waals surface area contributed by atoms with Crippen molar-refractivity contribution in [3.05, 3.63) is 29.8 Å². The summed E-state index contributed by atoms with van der Waals surface area (Å²) in [7, 11) is -5.14. The van der Waals surface area contributed by atoms with Crippen molar-refractivity contribution in [3.63, 3.8) is 0 Å². The topological polar surface area (TPSA) is 395 Å². The second-order valence-corrected chi connectivity index (χ2v) is 18.8. The van der Waals surface area contributed by atoms with E-state index in [9.17, 15) is 61.5 Å². The maximum atomic E-state index is 14.6. The van der Waals surface area contributed by atoms with E-state index in [4.69, 9.17) is 15.7 Å². The van der Waals surface area contributed by atoms with Gasteiger partial charge in [-0.1, -0.05) is 65.8 Å². The van der Waals surface area contributed by atoms with Crippen LogP contribution in [0.15, 0.2) is 29.3 Å². The summed E-state index contributed by atoms with van der Waals surface area (Å²) >= 11 is 0. The molecular weight excluding hydrogens is 938 g/mol. The second-order valence-electron chi connectivity index (χ2n) is 17.8. The van der Waals surface area contributed by atoms with E-state index in [1.165, 1.54) is 24.3 Å². The number of benzene rings is 1.